The van der Waals surface area contributed by atoms with Gasteiger partial charge < -0.3 is 5.11 Å². The summed E-state index contributed by atoms with van der Waals surface area (Å²) >= 11 is 0. The molecule has 0 atom stereocenters. The average molecular weight is 378 g/mol. The molecular weight excluding hydrogens is 360 g/mol. The summed E-state index contributed by atoms with van der Waals surface area (Å²) < 4.78 is 1.72. The summed E-state index contributed by atoms with van der Waals surface area (Å²) in [5.41, 5.74) is 5.62. The van der Waals surface area contributed by atoms with Crippen LogP contribution in [-0.4, -0.2) is 24.5 Å². The zero-order valence-corrected chi connectivity index (χ0v) is 15.6. The minimum absolute atomic E-state index is 0.133. The van der Waals surface area contributed by atoms with E-state index in [1.165, 1.54) is 0 Å². The van der Waals surface area contributed by atoms with Crippen LogP contribution in [0.2, 0.25) is 0 Å². The maximum absolute atomic E-state index is 11.0. The van der Waals surface area contributed by atoms with E-state index >= 15 is 0 Å². The Hall–Kier alpha value is -3.99. The third kappa shape index (κ3) is 3.23. The average Bonchev–Trinajstić information content (AvgIpc) is 3.10. The molecule has 0 saturated carbocycles. The first-order chi connectivity index (χ1) is 14.3. The van der Waals surface area contributed by atoms with Crippen molar-refractivity contribution >= 4 is 5.65 Å². The number of aromatic nitrogens is 4. The molecule has 3 heterocycles. The standard InChI is InChI=1S/C24H18N4O/c29-24-20(14-17-8-3-1-4-9-17)27-23-22(18-10-5-2-6-11-18)26-21(16-28(23)24)19-12-7-13-25-15-19/h1-13,15-16,29H,14H2. The molecule has 140 valence electrons. The Balaban J connectivity index is 1.73. The molecule has 0 unspecified atom stereocenters. The summed E-state index contributed by atoms with van der Waals surface area (Å²) in [6.07, 6.45) is 5.86. The lowest BCUT2D eigenvalue weighted by Gasteiger charge is -2.08. The molecule has 0 bridgehead atoms. The van der Waals surface area contributed by atoms with Crippen molar-refractivity contribution in [2.24, 2.45) is 0 Å². The van der Waals surface area contributed by atoms with E-state index in [-0.39, 0.29) is 5.88 Å². The Morgan fingerprint density at radius 2 is 1.52 bits per heavy atom. The molecule has 29 heavy (non-hydrogen) atoms. The van der Waals surface area contributed by atoms with E-state index in [1.54, 1.807) is 16.8 Å². The van der Waals surface area contributed by atoms with Crippen molar-refractivity contribution in [3.63, 3.8) is 0 Å². The molecule has 0 aliphatic carbocycles. The van der Waals surface area contributed by atoms with Crippen molar-refractivity contribution in [3.05, 3.63) is 103 Å². The Kier molecular flexibility index (Phi) is 4.26. The highest BCUT2D eigenvalue weighted by Gasteiger charge is 2.18. The second-order valence-corrected chi connectivity index (χ2v) is 6.82. The molecule has 5 heteroatoms. The van der Waals surface area contributed by atoms with Crippen LogP contribution in [0.25, 0.3) is 28.2 Å². The highest BCUT2D eigenvalue weighted by molar-refractivity contribution is 5.77. The number of imidazole rings is 1. The van der Waals surface area contributed by atoms with Crippen molar-refractivity contribution in [1.29, 1.82) is 0 Å². The fourth-order valence-corrected chi connectivity index (χ4v) is 3.43. The number of rotatable bonds is 4. The number of pyridine rings is 1. The first-order valence-electron chi connectivity index (χ1n) is 9.40. The van der Waals surface area contributed by atoms with E-state index in [2.05, 4.69) is 4.98 Å². The van der Waals surface area contributed by atoms with Crippen LogP contribution in [0.3, 0.4) is 0 Å². The Labute approximate surface area is 168 Å². The van der Waals surface area contributed by atoms with Crippen LogP contribution in [0.15, 0.2) is 91.4 Å². The van der Waals surface area contributed by atoms with Gasteiger partial charge in [0.05, 0.1) is 5.69 Å². The van der Waals surface area contributed by atoms with Crippen molar-refractivity contribution in [3.8, 4) is 28.4 Å². The Morgan fingerprint density at radius 1 is 0.793 bits per heavy atom. The summed E-state index contributed by atoms with van der Waals surface area (Å²) in [6, 6.07) is 23.7. The van der Waals surface area contributed by atoms with Crippen LogP contribution in [0.5, 0.6) is 5.88 Å². The molecule has 0 amide bonds. The normalized spacial score (nSPS) is 11.0. The van der Waals surface area contributed by atoms with Gasteiger partial charge in [-0.1, -0.05) is 60.7 Å². The van der Waals surface area contributed by atoms with Crippen LogP contribution in [-0.2, 0) is 6.42 Å². The van der Waals surface area contributed by atoms with E-state index < -0.39 is 0 Å². The van der Waals surface area contributed by atoms with E-state index in [4.69, 9.17) is 9.97 Å². The molecule has 0 radical (unpaired) electrons. The zero-order valence-electron chi connectivity index (χ0n) is 15.6. The molecule has 1 N–H and O–H groups in total. The highest BCUT2D eigenvalue weighted by atomic mass is 16.3. The number of hydrogen-bond donors (Lipinski definition) is 1. The first kappa shape index (κ1) is 17.1. The van der Waals surface area contributed by atoms with E-state index in [1.807, 2.05) is 79.0 Å². The Bertz CT molecular complexity index is 1270. The van der Waals surface area contributed by atoms with Gasteiger partial charge in [-0.05, 0) is 17.7 Å². The number of aromatic hydroxyl groups is 1. The number of nitrogens with zero attached hydrogens (tertiary/aromatic N) is 4. The number of hydrogen-bond acceptors (Lipinski definition) is 4. The van der Waals surface area contributed by atoms with Crippen molar-refractivity contribution < 1.29 is 5.11 Å². The van der Waals surface area contributed by atoms with E-state index in [9.17, 15) is 5.11 Å². The van der Waals surface area contributed by atoms with Gasteiger partial charge in [0.1, 0.15) is 11.4 Å². The predicted molar refractivity (Wildman–Crippen MR) is 113 cm³/mol. The third-order valence-electron chi connectivity index (χ3n) is 4.87. The summed E-state index contributed by atoms with van der Waals surface area (Å²) in [6.45, 7) is 0. The van der Waals surface area contributed by atoms with Gasteiger partial charge in [-0.2, -0.15) is 0 Å². The molecule has 5 nitrogen and oxygen atoms in total. The van der Waals surface area contributed by atoms with Gasteiger partial charge in [-0.3, -0.25) is 9.38 Å². The zero-order chi connectivity index (χ0) is 19.6. The minimum Gasteiger partial charge on any atom is -0.493 e. The molecular formula is C24H18N4O. The molecule has 5 aromatic rings. The highest BCUT2D eigenvalue weighted by Crippen LogP contribution is 2.31. The van der Waals surface area contributed by atoms with Crippen LogP contribution in [0.1, 0.15) is 11.3 Å². The van der Waals surface area contributed by atoms with Gasteiger partial charge in [-0.25, -0.2) is 9.97 Å². The quantitative estimate of drug-likeness (QED) is 0.490. The summed E-state index contributed by atoms with van der Waals surface area (Å²) in [5.74, 6) is 0.133. The molecule has 2 aromatic carbocycles. The van der Waals surface area contributed by atoms with Gasteiger partial charge in [0.2, 0.25) is 5.88 Å². The molecule has 0 aliphatic heterocycles. The first-order valence-corrected chi connectivity index (χ1v) is 9.40. The summed E-state index contributed by atoms with van der Waals surface area (Å²) in [7, 11) is 0. The van der Waals surface area contributed by atoms with Crippen LogP contribution in [0, 0.1) is 0 Å². The van der Waals surface area contributed by atoms with Gasteiger partial charge >= 0.3 is 0 Å². The molecule has 0 fully saturated rings. The SMILES string of the molecule is Oc1c(Cc2ccccc2)nc2c(-c3ccccc3)nc(-c3cccnc3)cn12. The summed E-state index contributed by atoms with van der Waals surface area (Å²) in [4.78, 5) is 13.8. The van der Waals surface area contributed by atoms with E-state index in [0.717, 1.165) is 28.1 Å². The maximum Gasteiger partial charge on any atom is 0.219 e. The second kappa shape index (κ2) is 7.20. The lowest BCUT2D eigenvalue weighted by molar-refractivity contribution is 0.442. The van der Waals surface area contributed by atoms with E-state index in [0.29, 0.717) is 17.8 Å². The lowest BCUT2D eigenvalue weighted by Crippen LogP contribution is -1.96. The molecule has 3 aromatic heterocycles. The topological polar surface area (TPSA) is 63.3 Å². The van der Waals surface area contributed by atoms with Crippen molar-refractivity contribution in [2.75, 3.05) is 0 Å². The number of benzene rings is 2. The molecule has 5 rings (SSSR count). The van der Waals surface area contributed by atoms with Gasteiger partial charge in [0.25, 0.3) is 0 Å². The monoisotopic (exact) mass is 378 g/mol. The summed E-state index contributed by atoms with van der Waals surface area (Å²) in [5, 5.41) is 11.0. The Morgan fingerprint density at radius 3 is 2.24 bits per heavy atom. The van der Waals surface area contributed by atoms with Crippen LogP contribution >= 0.6 is 0 Å². The lowest BCUT2D eigenvalue weighted by atomic mass is 10.1. The molecule has 0 saturated heterocycles. The largest absolute Gasteiger partial charge is 0.493 e. The smallest absolute Gasteiger partial charge is 0.219 e. The second-order valence-electron chi connectivity index (χ2n) is 6.82. The molecule has 0 aliphatic rings. The third-order valence-corrected chi connectivity index (χ3v) is 4.87. The minimum atomic E-state index is 0.133. The van der Waals surface area contributed by atoms with Crippen LogP contribution in [0.4, 0.5) is 0 Å². The van der Waals surface area contributed by atoms with Gasteiger partial charge in [-0.15, -0.1) is 0 Å². The fourth-order valence-electron chi connectivity index (χ4n) is 3.43. The van der Waals surface area contributed by atoms with Gasteiger partial charge in [0.15, 0.2) is 5.65 Å². The predicted octanol–water partition coefficient (Wildman–Crippen LogP) is 4.75. The van der Waals surface area contributed by atoms with Crippen LogP contribution < -0.4 is 0 Å². The number of fused-ring (bicyclic) bond motifs is 1. The van der Waals surface area contributed by atoms with Gasteiger partial charge in [0, 0.05) is 36.1 Å². The maximum atomic E-state index is 11.0. The molecule has 0 spiro atoms. The fraction of sp³-hybridized carbons (Fsp3) is 0.0417. The van der Waals surface area contributed by atoms with Crippen molar-refractivity contribution in [1.82, 2.24) is 19.4 Å². The van der Waals surface area contributed by atoms with Crippen molar-refractivity contribution in [2.45, 2.75) is 6.42 Å².